The van der Waals surface area contributed by atoms with Crippen molar-refractivity contribution in [1.82, 2.24) is 10.2 Å². The maximum atomic E-state index is 14.8. The monoisotopic (exact) mass is 665 g/mol. The van der Waals surface area contributed by atoms with E-state index in [1.54, 1.807) is 41.3 Å². The fraction of sp³-hybridized carbons (Fsp3) is 0.350. The minimum atomic E-state index is -4.15. The summed E-state index contributed by atoms with van der Waals surface area (Å²) in [5.41, 5.74) is 5.96. The van der Waals surface area contributed by atoms with Crippen molar-refractivity contribution < 1.29 is 18.0 Å². The van der Waals surface area contributed by atoms with E-state index in [1.807, 2.05) is 88.4 Å². The Kier molecular flexibility index (Phi) is 11.4. The van der Waals surface area contributed by atoms with E-state index in [0.29, 0.717) is 12.1 Å². The predicted octanol–water partition coefficient (Wildman–Crippen LogP) is 7.20. The number of hydrogen-bond donors (Lipinski definition) is 1. The van der Waals surface area contributed by atoms with Gasteiger partial charge in [-0.2, -0.15) is 0 Å². The molecule has 4 aromatic carbocycles. The summed E-state index contributed by atoms with van der Waals surface area (Å²) in [6.45, 7) is 7.40. The van der Waals surface area contributed by atoms with Crippen molar-refractivity contribution in [3.63, 3.8) is 0 Å². The third-order valence-electron chi connectivity index (χ3n) is 9.08. The fourth-order valence-corrected chi connectivity index (χ4v) is 7.85. The molecule has 1 saturated carbocycles. The molecule has 2 amide bonds. The first kappa shape index (κ1) is 34.9. The SMILES string of the molecule is Cc1ccc(CN(C(=O)CN(c2cc(C)cc(C)c2)S(=O)(=O)c2ccc(C)cc2)[C@H](Cc2ccccc2)C(=O)NC2CCCCC2)cc1. The van der Waals surface area contributed by atoms with Gasteiger partial charge >= 0.3 is 0 Å². The normalized spacial score (nSPS) is 14.2. The molecule has 4 aromatic rings. The number of rotatable bonds is 12. The average Bonchev–Trinajstić information content (AvgIpc) is 3.06. The molecule has 0 aromatic heterocycles. The first-order valence-corrected chi connectivity index (χ1v) is 18.3. The van der Waals surface area contributed by atoms with Gasteiger partial charge in [0.15, 0.2) is 0 Å². The summed E-state index contributed by atoms with van der Waals surface area (Å²) in [7, 11) is -4.15. The van der Waals surface area contributed by atoms with Crippen molar-refractivity contribution in [3.05, 3.63) is 130 Å². The van der Waals surface area contributed by atoms with E-state index >= 15 is 0 Å². The van der Waals surface area contributed by atoms with Gasteiger partial charge in [-0.1, -0.05) is 103 Å². The fourth-order valence-electron chi connectivity index (χ4n) is 6.45. The number of aryl methyl sites for hydroxylation is 4. The predicted molar refractivity (Wildman–Crippen MR) is 192 cm³/mol. The van der Waals surface area contributed by atoms with Crippen LogP contribution in [-0.4, -0.2) is 43.8 Å². The summed E-state index contributed by atoms with van der Waals surface area (Å²) in [5.74, 6) is -0.671. The van der Waals surface area contributed by atoms with Gasteiger partial charge in [0.1, 0.15) is 12.6 Å². The first-order chi connectivity index (χ1) is 23.0. The maximum absolute atomic E-state index is 14.8. The van der Waals surface area contributed by atoms with Gasteiger partial charge in [0.2, 0.25) is 11.8 Å². The molecule has 0 aliphatic heterocycles. The van der Waals surface area contributed by atoms with Crippen LogP contribution in [0, 0.1) is 27.7 Å². The molecule has 0 radical (unpaired) electrons. The minimum absolute atomic E-state index is 0.0505. The Morgan fingerprint density at radius 3 is 1.92 bits per heavy atom. The molecule has 8 heteroatoms. The van der Waals surface area contributed by atoms with Crippen LogP contribution in [0.2, 0.25) is 0 Å². The summed E-state index contributed by atoms with van der Waals surface area (Å²) in [6.07, 6.45) is 5.38. The molecule has 0 unspecified atom stereocenters. The highest BCUT2D eigenvalue weighted by Crippen LogP contribution is 2.28. The zero-order chi connectivity index (χ0) is 34.3. The number of sulfonamides is 1. The lowest BCUT2D eigenvalue weighted by molar-refractivity contribution is -0.140. The highest BCUT2D eigenvalue weighted by atomic mass is 32.2. The maximum Gasteiger partial charge on any atom is 0.264 e. The molecule has 1 aliphatic carbocycles. The third kappa shape index (κ3) is 8.92. The van der Waals surface area contributed by atoms with Crippen molar-refractivity contribution in [2.45, 2.75) is 89.7 Å². The van der Waals surface area contributed by atoms with E-state index < -0.39 is 28.5 Å². The number of nitrogens with zero attached hydrogens (tertiary/aromatic N) is 2. The van der Waals surface area contributed by atoms with E-state index in [0.717, 1.165) is 65.5 Å². The summed E-state index contributed by atoms with van der Waals surface area (Å²) < 4.78 is 29.9. The number of amides is 2. The highest BCUT2D eigenvalue weighted by molar-refractivity contribution is 7.92. The Bertz CT molecular complexity index is 1780. The summed E-state index contributed by atoms with van der Waals surface area (Å²) in [6, 6.07) is 29.0. The van der Waals surface area contributed by atoms with Crippen molar-refractivity contribution in [2.75, 3.05) is 10.8 Å². The molecule has 0 spiro atoms. The van der Waals surface area contributed by atoms with Crippen LogP contribution >= 0.6 is 0 Å². The zero-order valence-electron chi connectivity index (χ0n) is 28.5. The van der Waals surface area contributed by atoms with Gasteiger partial charge < -0.3 is 10.2 Å². The Labute approximate surface area is 286 Å². The van der Waals surface area contributed by atoms with Gasteiger partial charge in [-0.05, 0) is 87.1 Å². The third-order valence-corrected chi connectivity index (χ3v) is 10.9. The number of benzene rings is 4. The quantitative estimate of drug-likeness (QED) is 0.173. The molecular weight excluding hydrogens is 619 g/mol. The van der Waals surface area contributed by atoms with Crippen LogP contribution in [0.4, 0.5) is 5.69 Å². The first-order valence-electron chi connectivity index (χ1n) is 16.9. The highest BCUT2D eigenvalue weighted by Gasteiger charge is 2.35. The van der Waals surface area contributed by atoms with Crippen LogP contribution in [0.15, 0.2) is 102 Å². The number of carbonyl (C=O) groups excluding carboxylic acids is 2. The molecule has 1 atom stereocenters. The number of carbonyl (C=O) groups is 2. The molecule has 48 heavy (non-hydrogen) atoms. The van der Waals surface area contributed by atoms with Crippen LogP contribution in [-0.2, 0) is 32.6 Å². The Hall–Kier alpha value is -4.43. The molecular formula is C40H47N3O4S. The summed E-state index contributed by atoms with van der Waals surface area (Å²) in [5, 5.41) is 3.27. The number of nitrogens with one attached hydrogen (secondary N) is 1. The van der Waals surface area contributed by atoms with Crippen molar-refractivity contribution in [2.24, 2.45) is 0 Å². The Morgan fingerprint density at radius 2 is 1.31 bits per heavy atom. The molecule has 0 heterocycles. The van der Waals surface area contributed by atoms with Crippen LogP contribution in [0.5, 0.6) is 0 Å². The largest absolute Gasteiger partial charge is 0.352 e. The van der Waals surface area contributed by atoms with Gasteiger partial charge in [0, 0.05) is 19.0 Å². The Balaban J connectivity index is 1.58. The van der Waals surface area contributed by atoms with Gasteiger partial charge in [0.25, 0.3) is 10.0 Å². The van der Waals surface area contributed by atoms with Gasteiger partial charge in [-0.15, -0.1) is 0 Å². The molecule has 252 valence electrons. The summed E-state index contributed by atoms with van der Waals surface area (Å²) >= 11 is 0. The number of anilines is 1. The van der Waals surface area contributed by atoms with Gasteiger partial charge in [-0.25, -0.2) is 8.42 Å². The molecule has 5 rings (SSSR count). The molecule has 1 N–H and O–H groups in total. The zero-order valence-corrected chi connectivity index (χ0v) is 29.3. The molecule has 0 saturated heterocycles. The topological polar surface area (TPSA) is 86.8 Å². The van der Waals surface area contributed by atoms with Crippen LogP contribution in [0.25, 0.3) is 0 Å². The van der Waals surface area contributed by atoms with Crippen LogP contribution < -0.4 is 9.62 Å². The molecule has 1 aliphatic rings. The van der Waals surface area contributed by atoms with E-state index in [4.69, 9.17) is 0 Å². The lowest BCUT2D eigenvalue weighted by Gasteiger charge is -2.35. The van der Waals surface area contributed by atoms with E-state index in [1.165, 1.54) is 4.31 Å². The van der Waals surface area contributed by atoms with Crippen molar-refractivity contribution in [1.29, 1.82) is 0 Å². The van der Waals surface area contributed by atoms with E-state index in [2.05, 4.69) is 5.32 Å². The molecule has 7 nitrogen and oxygen atoms in total. The van der Waals surface area contributed by atoms with Crippen molar-refractivity contribution >= 4 is 27.5 Å². The van der Waals surface area contributed by atoms with Gasteiger partial charge in [-0.3, -0.25) is 13.9 Å². The Morgan fingerprint density at radius 1 is 0.729 bits per heavy atom. The smallest absolute Gasteiger partial charge is 0.264 e. The van der Waals surface area contributed by atoms with Crippen molar-refractivity contribution in [3.8, 4) is 0 Å². The molecule has 0 bridgehead atoms. The lowest BCUT2D eigenvalue weighted by Crippen LogP contribution is -2.55. The standard InChI is InChI=1S/C40H47N3O4S/c1-29-15-19-34(20-16-29)27-42(38(26-33-11-7-5-8-12-33)40(45)41-35-13-9-6-10-14-35)39(44)28-43(36-24-31(3)23-32(4)25-36)48(46,47)37-21-17-30(2)18-22-37/h5,7-8,11-12,15-25,35,38H,6,9-10,13-14,26-28H2,1-4H3,(H,41,45)/t38-/m1/s1. The van der Waals surface area contributed by atoms with Crippen LogP contribution in [0.3, 0.4) is 0 Å². The average molecular weight is 666 g/mol. The number of hydrogen-bond acceptors (Lipinski definition) is 4. The minimum Gasteiger partial charge on any atom is -0.352 e. The van der Waals surface area contributed by atoms with E-state index in [9.17, 15) is 18.0 Å². The van der Waals surface area contributed by atoms with Gasteiger partial charge in [0.05, 0.1) is 10.6 Å². The second kappa shape index (κ2) is 15.6. The van der Waals surface area contributed by atoms with E-state index in [-0.39, 0.29) is 23.4 Å². The second-order valence-electron chi connectivity index (χ2n) is 13.2. The lowest BCUT2D eigenvalue weighted by atomic mass is 9.94. The second-order valence-corrected chi connectivity index (χ2v) is 15.1. The molecule has 1 fully saturated rings. The summed E-state index contributed by atoms with van der Waals surface area (Å²) in [4.78, 5) is 30.7. The van der Waals surface area contributed by atoms with Crippen LogP contribution in [0.1, 0.15) is 65.5 Å².